The van der Waals surface area contributed by atoms with E-state index in [1.54, 1.807) is 0 Å². The first-order chi connectivity index (χ1) is 9.79. The first-order valence-corrected chi connectivity index (χ1v) is 8.32. The minimum absolute atomic E-state index is 0.191. The van der Waals surface area contributed by atoms with Crippen LogP contribution in [0.2, 0.25) is 0 Å². The van der Waals surface area contributed by atoms with E-state index < -0.39 is 0 Å². The van der Waals surface area contributed by atoms with E-state index in [1.807, 2.05) is 6.08 Å². The Morgan fingerprint density at radius 1 is 1.15 bits per heavy atom. The molecule has 0 saturated heterocycles. The van der Waals surface area contributed by atoms with Crippen molar-refractivity contribution in [1.29, 1.82) is 5.26 Å². The molecule has 0 aromatic heterocycles. The largest absolute Gasteiger partial charge is 0.298 e. The lowest BCUT2D eigenvalue weighted by Gasteiger charge is -2.21. The Morgan fingerprint density at radius 3 is 2.45 bits per heavy atom. The Labute approximate surface area is 124 Å². The van der Waals surface area contributed by atoms with E-state index in [1.165, 1.54) is 32.1 Å². The molecule has 0 unspecified atom stereocenters. The lowest BCUT2D eigenvalue weighted by Crippen LogP contribution is -2.23. The van der Waals surface area contributed by atoms with E-state index in [4.69, 9.17) is 0 Å². The number of ketones is 1. The Hall–Kier alpha value is -1.10. The van der Waals surface area contributed by atoms with Crippen LogP contribution in [0.25, 0.3) is 0 Å². The third kappa shape index (κ3) is 6.37. The molecule has 1 saturated carbocycles. The predicted octanol–water partition coefficient (Wildman–Crippen LogP) is 5.19. The van der Waals surface area contributed by atoms with Gasteiger partial charge in [0.2, 0.25) is 0 Å². The number of hydrogen-bond acceptors (Lipinski definition) is 2. The van der Waals surface area contributed by atoms with Crippen molar-refractivity contribution in [3.8, 4) is 6.07 Å². The van der Waals surface area contributed by atoms with Crippen molar-refractivity contribution < 1.29 is 4.79 Å². The summed E-state index contributed by atoms with van der Waals surface area (Å²) in [4.78, 5) is 12.3. The number of carbonyl (C=O) groups is 1. The summed E-state index contributed by atoms with van der Waals surface area (Å²) in [5.74, 6) is 0.0998. The number of carbonyl (C=O) groups excluding carboxylic acids is 1. The Bertz CT molecular complexity index is 329. The fraction of sp³-hybridized carbons (Fsp3) is 0.778. The summed E-state index contributed by atoms with van der Waals surface area (Å²) in [7, 11) is 0. The second-order valence-electron chi connectivity index (χ2n) is 6.07. The van der Waals surface area contributed by atoms with Crippen LogP contribution in [0.4, 0.5) is 0 Å². The summed E-state index contributed by atoms with van der Waals surface area (Å²) in [5, 5.41) is 9.40. The summed E-state index contributed by atoms with van der Waals surface area (Å²) in [6, 6.07) is 2.31. The molecule has 1 aliphatic carbocycles. The third-order valence-corrected chi connectivity index (χ3v) is 4.44. The van der Waals surface area contributed by atoms with Gasteiger partial charge in [-0.2, -0.15) is 5.26 Å². The molecular formula is C18H29NO. The summed E-state index contributed by atoms with van der Waals surface area (Å²) in [6.45, 7) is 3.75. The zero-order valence-electron chi connectivity index (χ0n) is 12.8. The topological polar surface area (TPSA) is 40.9 Å². The van der Waals surface area contributed by atoms with E-state index in [-0.39, 0.29) is 17.6 Å². The average molecular weight is 275 g/mol. The predicted molar refractivity (Wildman–Crippen MR) is 83.2 cm³/mol. The van der Waals surface area contributed by atoms with Crippen LogP contribution >= 0.6 is 0 Å². The molecule has 2 heteroatoms. The SMILES string of the molecule is C=CCCC[C@@H]1CCCCCCCCCC(=O)[C@H]1C#N. The molecular weight excluding hydrogens is 246 g/mol. The third-order valence-electron chi connectivity index (χ3n) is 4.44. The van der Waals surface area contributed by atoms with Crippen molar-refractivity contribution in [1.82, 2.24) is 0 Å². The number of nitriles is 1. The molecule has 0 heterocycles. The van der Waals surface area contributed by atoms with Crippen molar-refractivity contribution in [3.63, 3.8) is 0 Å². The van der Waals surface area contributed by atoms with Crippen LogP contribution in [0, 0.1) is 23.2 Å². The van der Waals surface area contributed by atoms with E-state index in [0.717, 1.165) is 38.5 Å². The lowest BCUT2D eigenvalue weighted by atomic mass is 9.80. The summed E-state index contributed by atoms with van der Waals surface area (Å²) >= 11 is 0. The standard InChI is InChI=1S/C18H29NO/c1-2-3-9-12-16-13-10-7-5-4-6-8-11-14-18(20)17(16)15-19/h2,16-17H,1,3-14H2/t16-,17+/m1/s1. The smallest absolute Gasteiger partial charge is 0.150 e. The van der Waals surface area contributed by atoms with Gasteiger partial charge in [-0.3, -0.25) is 4.79 Å². The molecule has 0 bridgehead atoms. The molecule has 0 aromatic carbocycles. The van der Waals surface area contributed by atoms with Gasteiger partial charge in [-0.1, -0.05) is 44.6 Å². The van der Waals surface area contributed by atoms with Crippen molar-refractivity contribution in [2.75, 3.05) is 0 Å². The summed E-state index contributed by atoms with van der Waals surface area (Å²) in [5.41, 5.74) is 0. The van der Waals surface area contributed by atoms with E-state index >= 15 is 0 Å². The normalized spacial score (nSPS) is 26.1. The van der Waals surface area contributed by atoms with Crippen LogP contribution in [0.15, 0.2) is 12.7 Å². The van der Waals surface area contributed by atoms with Gasteiger partial charge in [0, 0.05) is 6.42 Å². The minimum atomic E-state index is -0.362. The first-order valence-electron chi connectivity index (χ1n) is 8.32. The highest BCUT2D eigenvalue weighted by Crippen LogP contribution is 2.28. The van der Waals surface area contributed by atoms with Gasteiger partial charge < -0.3 is 0 Å². The van der Waals surface area contributed by atoms with Crippen LogP contribution in [0.5, 0.6) is 0 Å². The number of unbranched alkanes of at least 4 members (excludes halogenated alkanes) is 1. The molecule has 1 fully saturated rings. The maximum atomic E-state index is 12.3. The van der Waals surface area contributed by atoms with E-state index in [2.05, 4.69) is 12.6 Å². The van der Waals surface area contributed by atoms with Gasteiger partial charge in [-0.25, -0.2) is 0 Å². The molecule has 1 aliphatic rings. The molecule has 0 aromatic rings. The second kappa shape index (κ2) is 10.7. The molecule has 0 radical (unpaired) electrons. The van der Waals surface area contributed by atoms with Gasteiger partial charge in [-0.05, 0) is 38.0 Å². The fourth-order valence-corrected chi connectivity index (χ4v) is 3.19. The van der Waals surface area contributed by atoms with Gasteiger partial charge >= 0.3 is 0 Å². The van der Waals surface area contributed by atoms with E-state index in [9.17, 15) is 10.1 Å². The van der Waals surface area contributed by atoms with Gasteiger partial charge in [0.1, 0.15) is 11.7 Å². The summed E-state index contributed by atoms with van der Waals surface area (Å²) in [6.07, 6.45) is 15.0. The van der Waals surface area contributed by atoms with Crippen LogP contribution < -0.4 is 0 Å². The van der Waals surface area contributed by atoms with Gasteiger partial charge in [0.25, 0.3) is 0 Å². The number of hydrogen-bond donors (Lipinski definition) is 0. The van der Waals surface area contributed by atoms with E-state index in [0.29, 0.717) is 6.42 Å². The quantitative estimate of drug-likeness (QED) is 0.523. The second-order valence-corrected chi connectivity index (χ2v) is 6.07. The molecule has 20 heavy (non-hydrogen) atoms. The molecule has 0 spiro atoms. The van der Waals surface area contributed by atoms with Crippen molar-refractivity contribution in [2.24, 2.45) is 11.8 Å². The number of Topliss-reactive ketones (excluding diaryl/α,β-unsaturated/α-hetero) is 1. The van der Waals surface area contributed by atoms with Crippen molar-refractivity contribution in [2.45, 2.75) is 77.0 Å². The number of allylic oxidation sites excluding steroid dienone is 1. The fourth-order valence-electron chi connectivity index (χ4n) is 3.19. The van der Waals surface area contributed by atoms with Crippen molar-refractivity contribution in [3.05, 3.63) is 12.7 Å². The Morgan fingerprint density at radius 2 is 1.80 bits per heavy atom. The number of rotatable bonds is 4. The maximum Gasteiger partial charge on any atom is 0.150 e. The number of nitrogens with zero attached hydrogens (tertiary/aromatic N) is 1. The molecule has 1 rings (SSSR count). The van der Waals surface area contributed by atoms with Crippen LogP contribution in [0.1, 0.15) is 77.0 Å². The average Bonchev–Trinajstić information content (AvgIpc) is 2.44. The van der Waals surface area contributed by atoms with Gasteiger partial charge in [0.15, 0.2) is 0 Å². The molecule has 112 valence electrons. The van der Waals surface area contributed by atoms with Crippen LogP contribution in [-0.2, 0) is 4.79 Å². The lowest BCUT2D eigenvalue weighted by molar-refractivity contribution is -0.123. The molecule has 0 N–H and O–H groups in total. The monoisotopic (exact) mass is 275 g/mol. The highest BCUT2D eigenvalue weighted by atomic mass is 16.1. The Balaban J connectivity index is 2.62. The molecule has 0 amide bonds. The maximum absolute atomic E-state index is 12.3. The van der Waals surface area contributed by atoms with Crippen molar-refractivity contribution >= 4 is 5.78 Å². The summed E-state index contributed by atoms with van der Waals surface area (Å²) < 4.78 is 0. The zero-order valence-corrected chi connectivity index (χ0v) is 12.8. The zero-order chi connectivity index (χ0) is 14.6. The van der Waals surface area contributed by atoms with Crippen LogP contribution in [-0.4, -0.2) is 5.78 Å². The highest BCUT2D eigenvalue weighted by molar-refractivity contribution is 5.83. The highest BCUT2D eigenvalue weighted by Gasteiger charge is 2.27. The minimum Gasteiger partial charge on any atom is -0.298 e. The van der Waals surface area contributed by atoms with Gasteiger partial charge in [0.05, 0.1) is 6.07 Å². The van der Waals surface area contributed by atoms with Crippen LogP contribution in [0.3, 0.4) is 0 Å². The Kier molecular flexibility index (Phi) is 9.04. The first kappa shape index (κ1) is 17.0. The molecule has 2 nitrogen and oxygen atoms in total. The molecule has 2 atom stereocenters. The molecule has 0 aliphatic heterocycles. The van der Waals surface area contributed by atoms with Gasteiger partial charge in [-0.15, -0.1) is 6.58 Å².